The van der Waals surface area contributed by atoms with Gasteiger partial charge in [0.15, 0.2) is 0 Å². The lowest BCUT2D eigenvalue weighted by Gasteiger charge is -2.25. The zero-order valence-electron chi connectivity index (χ0n) is 16.9. The van der Waals surface area contributed by atoms with Gasteiger partial charge in [-0.1, -0.05) is 6.07 Å². The van der Waals surface area contributed by atoms with Crippen LogP contribution in [0.3, 0.4) is 0 Å². The summed E-state index contributed by atoms with van der Waals surface area (Å²) in [5.74, 6) is 1.49. The van der Waals surface area contributed by atoms with E-state index in [1.807, 2.05) is 30.3 Å². The van der Waals surface area contributed by atoms with E-state index in [0.29, 0.717) is 30.4 Å². The molecule has 0 bridgehead atoms. The van der Waals surface area contributed by atoms with Gasteiger partial charge in [0.25, 0.3) is 5.91 Å². The van der Waals surface area contributed by atoms with Gasteiger partial charge in [-0.2, -0.15) is 20.7 Å². The van der Waals surface area contributed by atoms with Crippen LogP contribution in [0.4, 0.5) is 11.5 Å². The summed E-state index contributed by atoms with van der Waals surface area (Å²) in [7, 11) is -1.01. The molecule has 1 aromatic carbocycles. The number of carbonyl (C=O) groups is 1. The SMILES string of the molecule is COc1nc(N2CCC(Nc3ccc4c(c3)CS(O)(O)C4)C2=O)ccc1-c1cn[nH]c1. The van der Waals surface area contributed by atoms with Crippen LogP contribution >= 0.6 is 10.6 Å². The second-order valence-corrected chi connectivity index (χ2v) is 9.94. The summed E-state index contributed by atoms with van der Waals surface area (Å²) in [6.45, 7) is 0.545. The number of rotatable bonds is 5. The third-order valence-electron chi connectivity index (χ3n) is 5.65. The van der Waals surface area contributed by atoms with Crippen LogP contribution in [0, 0.1) is 0 Å². The first kappa shape index (κ1) is 19.9. The molecule has 5 rings (SSSR count). The highest BCUT2D eigenvalue weighted by molar-refractivity contribution is 8.23. The Morgan fingerprint density at radius 2 is 2.06 bits per heavy atom. The number of aromatic nitrogens is 3. The Kier molecular flexibility index (Phi) is 4.84. The third kappa shape index (κ3) is 3.73. The summed E-state index contributed by atoms with van der Waals surface area (Å²) < 4.78 is 25.3. The highest BCUT2D eigenvalue weighted by Crippen LogP contribution is 2.52. The van der Waals surface area contributed by atoms with Gasteiger partial charge in [0.05, 0.1) is 24.8 Å². The molecule has 3 aromatic rings. The van der Waals surface area contributed by atoms with Crippen molar-refractivity contribution in [2.75, 3.05) is 23.9 Å². The zero-order valence-corrected chi connectivity index (χ0v) is 17.7. The van der Waals surface area contributed by atoms with Gasteiger partial charge in [0, 0.05) is 29.6 Å². The maximum Gasteiger partial charge on any atom is 0.250 e. The Morgan fingerprint density at radius 1 is 1.23 bits per heavy atom. The fourth-order valence-corrected chi connectivity index (χ4v) is 5.79. The Bertz CT molecular complexity index is 1130. The predicted octanol–water partition coefficient (Wildman–Crippen LogP) is 3.46. The number of aromatic amines is 1. The lowest BCUT2D eigenvalue weighted by Crippen LogP contribution is -2.34. The van der Waals surface area contributed by atoms with Crippen LogP contribution in [-0.2, 0) is 16.3 Å². The van der Waals surface area contributed by atoms with Crippen LogP contribution in [0.1, 0.15) is 17.5 Å². The standard InChI is InChI=1S/C21H23N5O4S/c1-30-20-17(15-9-22-23-10-15)4-5-19(25-20)26-7-6-18(21(26)27)24-16-3-2-13-11-31(28,29)12-14(13)8-16/h2-5,8-10,18,24,28-29H,6-7,11-12H2,1H3,(H,22,23). The van der Waals surface area contributed by atoms with Crippen molar-refractivity contribution in [1.82, 2.24) is 15.2 Å². The highest BCUT2D eigenvalue weighted by Gasteiger charge is 2.34. The first-order valence-electron chi connectivity index (χ1n) is 9.91. The van der Waals surface area contributed by atoms with Gasteiger partial charge in [0.2, 0.25) is 5.88 Å². The molecule has 1 unspecified atom stereocenters. The predicted molar refractivity (Wildman–Crippen MR) is 119 cm³/mol. The molecule has 162 valence electrons. The molecule has 1 fully saturated rings. The molecular weight excluding hydrogens is 418 g/mol. The number of pyridine rings is 1. The van der Waals surface area contributed by atoms with E-state index in [1.165, 1.54) is 0 Å². The van der Waals surface area contributed by atoms with Crippen LogP contribution in [0.5, 0.6) is 5.88 Å². The van der Waals surface area contributed by atoms with Gasteiger partial charge in [0.1, 0.15) is 11.9 Å². The van der Waals surface area contributed by atoms with Crippen LogP contribution < -0.4 is 15.0 Å². The van der Waals surface area contributed by atoms with Gasteiger partial charge >= 0.3 is 0 Å². The van der Waals surface area contributed by atoms with Crippen molar-refractivity contribution in [3.8, 4) is 17.0 Å². The maximum atomic E-state index is 13.1. The molecule has 10 heteroatoms. The summed E-state index contributed by atoms with van der Waals surface area (Å²) in [6.07, 6.45) is 4.09. The quantitative estimate of drug-likeness (QED) is 0.478. The summed E-state index contributed by atoms with van der Waals surface area (Å²) in [5, 5.41) is 10.0. The second kappa shape index (κ2) is 7.56. The lowest BCUT2D eigenvalue weighted by atomic mass is 10.1. The molecule has 0 spiro atoms. The van der Waals surface area contributed by atoms with E-state index < -0.39 is 10.6 Å². The molecule has 1 atom stereocenters. The smallest absolute Gasteiger partial charge is 0.250 e. The molecule has 2 aliphatic heterocycles. The molecular formula is C21H23N5O4S. The number of amides is 1. The van der Waals surface area contributed by atoms with E-state index in [9.17, 15) is 13.9 Å². The molecule has 2 aliphatic rings. The number of anilines is 2. The van der Waals surface area contributed by atoms with Crippen molar-refractivity contribution in [2.24, 2.45) is 0 Å². The van der Waals surface area contributed by atoms with Crippen LogP contribution in [-0.4, -0.2) is 49.9 Å². The van der Waals surface area contributed by atoms with E-state index in [0.717, 1.165) is 27.9 Å². The molecule has 4 heterocycles. The number of ether oxygens (including phenoxy) is 1. The number of H-pyrrole nitrogens is 1. The summed E-state index contributed by atoms with van der Waals surface area (Å²) >= 11 is 0. The molecule has 4 N–H and O–H groups in total. The van der Waals surface area contributed by atoms with Crippen molar-refractivity contribution in [2.45, 2.75) is 24.0 Å². The first-order valence-corrected chi connectivity index (χ1v) is 11.8. The number of hydrogen-bond donors (Lipinski definition) is 4. The van der Waals surface area contributed by atoms with Crippen LogP contribution in [0.2, 0.25) is 0 Å². The van der Waals surface area contributed by atoms with Gasteiger partial charge in [-0.25, -0.2) is 0 Å². The molecule has 1 amide bonds. The van der Waals surface area contributed by atoms with Gasteiger partial charge in [-0.15, -0.1) is 0 Å². The number of hydrogen-bond acceptors (Lipinski definition) is 7. The van der Waals surface area contributed by atoms with E-state index >= 15 is 0 Å². The molecule has 0 saturated carbocycles. The average Bonchev–Trinajstić information content (AvgIpc) is 3.46. The van der Waals surface area contributed by atoms with Crippen molar-refractivity contribution >= 4 is 28.0 Å². The molecule has 1 saturated heterocycles. The van der Waals surface area contributed by atoms with E-state index in [4.69, 9.17) is 4.74 Å². The van der Waals surface area contributed by atoms with E-state index in [-0.39, 0.29) is 17.7 Å². The zero-order chi connectivity index (χ0) is 21.6. The maximum absolute atomic E-state index is 13.1. The minimum Gasteiger partial charge on any atom is -0.480 e. The summed E-state index contributed by atoms with van der Waals surface area (Å²) in [6, 6.07) is 9.01. The summed E-state index contributed by atoms with van der Waals surface area (Å²) in [4.78, 5) is 19.3. The number of fused-ring (bicyclic) bond motifs is 1. The normalized spacial score (nSPS) is 20.5. The minimum absolute atomic E-state index is 0.0598. The number of benzene rings is 1. The number of methoxy groups -OCH3 is 1. The molecule has 2 aromatic heterocycles. The Hall–Kier alpha value is -3.08. The number of nitrogens with zero attached hydrogens (tertiary/aromatic N) is 3. The molecule has 31 heavy (non-hydrogen) atoms. The average molecular weight is 442 g/mol. The Labute approximate surface area is 180 Å². The Balaban J connectivity index is 1.33. The van der Waals surface area contributed by atoms with Crippen molar-refractivity contribution in [3.63, 3.8) is 0 Å². The van der Waals surface area contributed by atoms with Gasteiger partial charge in [-0.3, -0.25) is 23.9 Å². The lowest BCUT2D eigenvalue weighted by molar-refractivity contribution is -0.117. The number of carbonyl (C=O) groups excluding carboxylic acids is 1. The summed E-state index contributed by atoms with van der Waals surface area (Å²) in [5.41, 5.74) is 4.34. The van der Waals surface area contributed by atoms with Gasteiger partial charge in [-0.05, 0) is 41.8 Å². The highest BCUT2D eigenvalue weighted by atomic mass is 32.3. The fourth-order valence-electron chi connectivity index (χ4n) is 4.14. The van der Waals surface area contributed by atoms with E-state index in [1.54, 1.807) is 24.4 Å². The molecule has 0 aliphatic carbocycles. The van der Waals surface area contributed by atoms with Crippen molar-refractivity contribution in [1.29, 1.82) is 0 Å². The van der Waals surface area contributed by atoms with Crippen LogP contribution in [0.15, 0.2) is 42.7 Å². The third-order valence-corrected chi connectivity index (χ3v) is 7.20. The monoisotopic (exact) mass is 441 g/mol. The number of nitrogens with one attached hydrogen (secondary N) is 2. The topological polar surface area (TPSA) is 124 Å². The Morgan fingerprint density at radius 3 is 2.84 bits per heavy atom. The fraction of sp³-hybridized carbons (Fsp3) is 0.286. The first-order chi connectivity index (χ1) is 14.9. The van der Waals surface area contributed by atoms with E-state index in [2.05, 4.69) is 20.5 Å². The van der Waals surface area contributed by atoms with Crippen molar-refractivity contribution < 1.29 is 18.6 Å². The van der Waals surface area contributed by atoms with Crippen molar-refractivity contribution in [3.05, 3.63) is 53.9 Å². The minimum atomic E-state index is -2.56. The largest absolute Gasteiger partial charge is 0.480 e. The molecule has 9 nitrogen and oxygen atoms in total. The van der Waals surface area contributed by atoms with Crippen LogP contribution in [0.25, 0.3) is 11.1 Å². The second-order valence-electron chi connectivity index (χ2n) is 7.76. The molecule has 0 radical (unpaired) electrons. The van der Waals surface area contributed by atoms with Gasteiger partial charge < -0.3 is 10.1 Å².